The molecule has 0 unspecified atom stereocenters. The fourth-order valence-electron chi connectivity index (χ4n) is 3.05. The molecular formula is C22H15N5. The van der Waals surface area contributed by atoms with Gasteiger partial charge in [0.1, 0.15) is 5.82 Å². The summed E-state index contributed by atoms with van der Waals surface area (Å²) in [6.07, 6.45) is 3.54. The van der Waals surface area contributed by atoms with Gasteiger partial charge in [0, 0.05) is 18.0 Å². The Morgan fingerprint density at radius 3 is 1.81 bits per heavy atom. The molecule has 0 saturated heterocycles. The van der Waals surface area contributed by atoms with Crippen molar-refractivity contribution in [2.24, 2.45) is 0 Å². The minimum atomic E-state index is 0.786. The van der Waals surface area contributed by atoms with Gasteiger partial charge in [0.05, 0.1) is 33.8 Å². The van der Waals surface area contributed by atoms with Gasteiger partial charge in [-0.2, -0.15) is 0 Å². The number of imidazole rings is 1. The number of aromatic amines is 1. The first-order chi connectivity index (χ1) is 13.4. The van der Waals surface area contributed by atoms with E-state index in [4.69, 9.17) is 9.97 Å². The number of para-hydroxylation sites is 2. The highest BCUT2D eigenvalue weighted by atomic mass is 14.9. The van der Waals surface area contributed by atoms with Crippen LogP contribution in [0.25, 0.3) is 45.2 Å². The third kappa shape index (κ3) is 2.95. The van der Waals surface area contributed by atoms with Crippen molar-refractivity contribution in [2.45, 2.75) is 0 Å². The Labute approximate surface area is 155 Å². The zero-order chi connectivity index (χ0) is 18.1. The zero-order valence-electron chi connectivity index (χ0n) is 14.4. The van der Waals surface area contributed by atoms with Crippen LogP contribution in [0.5, 0.6) is 0 Å². The number of hydrogen-bond acceptors (Lipinski definition) is 4. The molecule has 4 aromatic heterocycles. The maximum Gasteiger partial charge on any atom is 0.138 e. The Morgan fingerprint density at radius 1 is 0.593 bits per heavy atom. The van der Waals surface area contributed by atoms with Gasteiger partial charge in [-0.15, -0.1) is 0 Å². The van der Waals surface area contributed by atoms with Gasteiger partial charge >= 0.3 is 0 Å². The average Bonchev–Trinajstić information content (AvgIpc) is 3.19. The molecule has 5 nitrogen and oxygen atoms in total. The molecule has 0 atom stereocenters. The molecule has 128 valence electrons. The highest BCUT2D eigenvalue weighted by Crippen LogP contribution is 2.28. The number of benzene rings is 1. The molecule has 0 bridgehead atoms. The third-order valence-corrected chi connectivity index (χ3v) is 4.34. The van der Waals surface area contributed by atoms with E-state index in [9.17, 15) is 0 Å². The molecule has 0 aliphatic carbocycles. The Bertz CT molecular complexity index is 1120. The molecule has 0 aliphatic heterocycles. The van der Waals surface area contributed by atoms with Crippen LogP contribution in [-0.4, -0.2) is 24.9 Å². The fraction of sp³-hybridized carbons (Fsp3) is 0. The largest absolute Gasteiger partial charge is 0.338 e. The molecule has 0 aliphatic rings. The van der Waals surface area contributed by atoms with E-state index in [0.717, 1.165) is 45.2 Å². The van der Waals surface area contributed by atoms with Gasteiger partial charge in [0.25, 0.3) is 0 Å². The summed E-state index contributed by atoms with van der Waals surface area (Å²) < 4.78 is 0. The Morgan fingerprint density at radius 2 is 1.22 bits per heavy atom. The van der Waals surface area contributed by atoms with E-state index in [1.807, 2.05) is 72.8 Å². The maximum absolute atomic E-state index is 4.79. The van der Waals surface area contributed by atoms with Crippen molar-refractivity contribution < 1.29 is 0 Å². The minimum absolute atomic E-state index is 0.786. The molecule has 0 amide bonds. The van der Waals surface area contributed by atoms with Crippen molar-refractivity contribution in [3.8, 4) is 34.2 Å². The van der Waals surface area contributed by atoms with Crippen LogP contribution in [-0.2, 0) is 0 Å². The number of nitrogens with one attached hydrogen (secondary N) is 1. The molecule has 0 saturated carbocycles. The number of pyridine rings is 3. The highest BCUT2D eigenvalue weighted by Gasteiger charge is 2.12. The second-order valence-electron chi connectivity index (χ2n) is 6.16. The topological polar surface area (TPSA) is 67.3 Å². The lowest BCUT2D eigenvalue weighted by atomic mass is 10.1. The molecule has 27 heavy (non-hydrogen) atoms. The molecule has 1 N–H and O–H groups in total. The average molecular weight is 349 g/mol. The van der Waals surface area contributed by atoms with E-state index in [1.54, 1.807) is 12.4 Å². The first kappa shape index (κ1) is 15.4. The number of hydrogen-bond donors (Lipinski definition) is 1. The minimum Gasteiger partial charge on any atom is -0.338 e. The molecule has 0 radical (unpaired) electrons. The van der Waals surface area contributed by atoms with Gasteiger partial charge < -0.3 is 4.98 Å². The lowest BCUT2D eigenvalue weighted by Crippen LogP contribution is -1.94. The summed E-state index contributed by atoms with van der Waals surface area (Å²) in [5, 5.41) is 0. The molecule has 1 aromatic carbocycles. The number of aromatic nitrogens is 5. The summed E-state index contributed by atoms with van der Waals surface area (Å²) in [5.41, 5.74) is 6.08. The summed E-state index contributed by atoms with van der Waals surface area (Å²) in [7, 11) is 0. The highest BCUT2D eigenvalue weighted by molar-refractivity contribution is 5.81. The number of fused-ring (bicyclic) bond motifs is 1. The Hall–Kier alpha value is -3.86. The first-order valence-corrected chi connectivity index (χ1v) is 8.67. The molecule has 5 aromatic rings. The van der Waals surface area contributed by atoms with Crippen molar-refractivity contribution in [3.05, 3.63) is 85.2 Å². The predicted octanol–water partition coefficient (Wildman–Crippen LogP) is 4.75. The van der Waals surface area contributed by atoms with Crippen LogP contribution < -0.4 is 0 Å². The lowest BCUT2D eigenvalue weighted by molar-refractivity contribution is 1.21. The van der Waals surface area contributed by atoms with E-state index in [0.29, 0.717) is 0 Å². The van der Waals surface area contributed by atoms with E-state index in [2.05, 4.69) is 15.0 Å². The monoisotopic (exact) mass is 349 g/mol. The van der Waals surface area contributed by atoms with Crippen molar-refractivity contribution >= 4 is 11.0 Å². The van der Waals surface area contributed by atoms with E-state index in [1.165, 1.54) is 0 Å². The van der Waals surface area contributed by atoms with Crippen LogP contribution in [0, 0.1) is 0 Å². The smallest absolute Gasteiger partial charge is 0.138 e. The van der Waals surface area contributed by atoms with Crippen molar-refractivity contribution in [1.82, 2.24) is 24.9 Å². The van der Waals surface area contributed by atoms with Gasteiger partial charge in [-0.05, 0) is 48.5 Å². The van der Waals surface area contributed by atoms with Gasteiger partial charge in [0.15, 0.2) is 0 Å². The van der Waals surface area contributed by atoms with Gasteiger partial charge in [-0.1, -0.05) is 24.3 Å². The molecule has 5 rings (SSSR count). The summed E-state index contributed by atoms with van der Waals surface area (Å²) >= 11 is 0. The third-order valence-electron chi connectivity index (χ3n) is 4.34. The lowest BCUT2D eigenvalue weighted by Gasteiger charge is -2.07. The van der Waals surface area contributed by atoms with E-state index >= 15 is 0 Å². The van der Waals surface area contributed by atoms with E-state index < -0.39 is 0 Å². The molecular weight excluding hydrogens is 334 g/mol. The summed E-state index contributed by atoms with van der Waals surface area (Å²) in [6.45, 7) is 0. The molecule has 0 spiro atoms. The first-order valence-electron chi connectivity index (χ1n) is 8.67. The van der Waals surface area contributed by atoms with Crippen molar-refractivity contribution in [2.75, 3.05) is 0 Å². The standard InChI is InChI=1S/C22H15N5/c1-2-10-19-18(9-1)26-22(27-19)15-13-20(16-7-3-5-11-23-16)25-21(14-15)17-8-4-6-12-24-17/h1-14H,(H,26,27). The van der Waals surface area contributed by atoms with E-state index in [-0.39, 0.29) is 0 Å². The van der Waals surface area contributed by atoms with Gasteiger partial charge in [-0.3, -0.25) is 9.97 Å². The number of nitrogens with zero attached hydrogens (tertiary/aromatic N) is 4. The van der Waals surface area contributed by atoms with Crippen LogP contribution in [0.1, 0.15) is 0 Å². The van der Waals surface area contributed by atoms with Crippen LogP contribution in [0.15, 0.2) is 85.2 Å². The predicted molar refractivity (Wildman–Crippen MR) is 106 cm³/mol. The zero-order valence-corrected chi connectivity index (χ0v) is 14.4. The maximum atomic E-state index is 4.79. The van der Waals surface area contributed by atoms with Crippen molar-refractivity contribution in [1.29, 1.82) is 0 Å². The second kappa shape index (κ2) is 6.46. The van der Waals surface area contributed by atoms with Crippen molar-refractivity contribution in [3.63, 3.8) is 0 Å². The second-order valence-corrected chi connectivity index (χ2v) is 6.16. The van der Waals surface area contributed by atoms with Gasteiger partial charge in [-0.25, -0.2) is 9.97 Å². The quantitative estimate of drug-likeness (QED) is 0.510. The molecule has 5 heteroatoms. The Balaban J connectivity index is 1.72. The SMILES string of the molecule is c1ccc(-c2cc(-c3nc4ccccc4[nH]3)cc(-c3ccccn3)n2)nc1. The van der Waals surface area contributed by atoms with Crippen LogP contribution in [0.3, 0.4) is 0 Å². The summed E-state index contributed by atoms with van der Waals surface area (Å²) in [5.74, 6) is 0.799. The van der Waals surface area contributed by atoms with Crippen LogP contribution in [0.2, 0.25) is 0 Å². The molecule has 0 fully saturated rings. The summed E-state index contributed by atoms with van der Waals surface area (Å²) in [6, 6.07) is 23.6. The fourth-order valence-corrected chi connectivity index (χ4v) is 3.05. The summed E-state index contributed by atoms with van der Waals surface area (Å²) in [4.78, 5) is 21.8. The Kier molecular flexibility index (Phi) is 3.68. The van der Waals surface area contributed by atoms with Crippen LogP contribution in [0.4, 0.5) is 0 Å². The number of H-pyrrole nitrogens is 1. The molecule has 4 heterocycles. The normalized spacial score (nSPS) is 11.0. The van der Waals surface area contributed by atoms with Gasteiger partial charge in [0.2, 0.25) is 0 Å². The van der Waals surface area contributed by atoms with Crippen LogP contribution >= 0.6 is 0 Å². The number of rotatable bonds is 3.